The smallest absolute Gasteiger partial charge is 0.252 e. The molecule has 4 rings (SSSR count). The van der Waals surface area contributed by atoms with Crippen LogP contribution in [0.5, 0.6) is 0 Å². The lowest BCUT2D eigenvalue weighted by Crippen LogP contribution is -2.17. The van der Waals surface area contributed by atoms with E-state index in [9.17, 15) is 4.79 Å². The third-order valence-electron chi connectivity index (χ3n) is 4.78. The Labute approximate surface area is 157 Å². The van der Waals surface area contributed by atoms with Gasteiger partial charge in [-0.05, 0) is 29.7 Å². The molecule has 0 radical (unpaired) electrons. The minimum Gasteiger partial charge on any atom is -0.355 e. The summed E-state index contributed by atoms with van der Waals surface area (Å²) in [5, 5.41) is 3.68. The van der Waals surface area contributed by atoms with Crippen molar-refractivity contribution < 1.29 is 4.79 Å². The lowest BCUT2D eigenvalue weighted by molar-refractivity contribution is 0.0963. The molecular weight excluding hydrogens is 336 g/mol. The maximum Gasteiger partial charge on any atom is 0.252 e. The molecule has 0 aliphatic rings. The van der Waals surface area contributed by atoms with E-state index in [1.165, 1.54) is 11.1 Å². The number of fused-ring (bicyclic) bond motifs is 1. The molecule has 0 unspecified atom stereocenters. The highest BCUT2D eigenvalue weighted by Gasteiger charge is 2.12. The zero-order valence-electron chi connectivity index (χ0n) is 15.3. The molecule has 2 N–H and O–H groups in total. The van der Waals surface area contributed by atoms with E-state index < -0.39 is 0 Å². The van der Waals surface area contributed by atoms with Gasteiger partial charge in [0.1, 0.15) is 5.65 Å². The van der Waals surface area contributed by atoms with Gasteiger partial charge in [0.2, 0.25) is 0 Å². The van der Waals surface area contributed by atoms with Crippen LogP contribution in [0.3, 0.4) is 0 Å². The fourth-order valence-corrected chi connectivity index (χ4v) is 3.34. The Kier molecular flexibility index (Phi) is 4.42. The summed E-state index contributed by atoms with van der Waals surface area (Å²) in [6.07, 6.45) is 8.09. The Bertz CT molecular complexity index is 1130. The minimum absolute atomic E-state index is 0.155. The SMILES string of the molecule is CCc1ccccc1-c1c[nH]c2ncc(-c3cncc(C(=O)NC)c3)cc12. The number of aromatic nitrogens is 3. The van der Waals surface area contributed by atoms with Gasteiger partial charge in [0.25, 0.3) is 5.91 Å². The number of carbonyl (C=O) groups is 1. The van der Waals surface area contributed by atoms with Crippen LogP contribution >= 0.6 is 0 Å². The molecule has 1 aromatic carbocycles. The van der Waals surface area contributed by atoms with E-state index in [0.717, 1.165) is 34.1 Å². The average molecular weight is 356 g/mol. The molecule has 4 aromatic rings. The summed E-state index contributed by atoms with van der Waals surface area (Å²) in [6, 6.07) is 12.4. The Hall–Kier alpha value is -3.47. The van der Waals surface area contributed by atoms with E-state index >= 15 is 0 Å². The number of amides is 1. The molecular formula is C22H20N4O. The molecule has 1 amide bonds. The number of aryl methyl sites for hydroxylation is 1. The molecule has 0 spiro atoms. The molecule has 0 bridgehead atoms. The number of hydrogen-bond donors (Lipinski definition) is 2. The number of nitrogens with one attached hydrogen (secondary N) is 2. The fourth-order valence-electron chi connectivity index (χ4n) is 3.34. The van der Waals surface area contributed by atoms with E-state index in [2.05, 4.69) is 57.5 Å². The first-order chi connectivity index (χ1) is 13.2. The third-order valence-corrected chi connectivity index (χ3v) is 4.78. The predicted octanol–water partition coefficient (Wildman–Crippen LogP) is 4.21. The fraction of sp³-hybridized carbons (Fsp3) is 0.136. The first kappa shape index (κ1) is 17.0. The van der Waals surface area contributed by atoms with Crippen LogP contribution in [0, 0.1) is 0 Å². The van der Waals surface area contributed by atoms with Crippen molar-refractivity contribution in [1.29, 1.82) is 0 Å². The van der Waals surface area contributed by atoms with Gasteiger partial charge in [0, 0.05) is 53.9 Å². The number of aromatic amines is 1. The zero-order valence-corrected chi connectivity index (χ0v) is 15.3. The van der Waals surface area contributed by atoms with Crippen LogP contribution in [-0.4, -0.2) is 27.9 Å². The van der Waals surface area contributed by atoms with Gasteiger partial charge in [0.15, 0.2) is 0 Å². The second-order valence-corrected chi connectivity index (χ2v) is 6.37. The monoisotopic (exact) mass is 356 g/mol. The Morgan fingerprint density at radius 1 is 1.07 bits per heavy atom. The first-order valence-corrected chi connectivity index (χ1v) is 8.94. The summed E-state index contributed by atoms with van der Waals surface area (Å²) in [4.78, 5) is 23.9. The number of H-pyrrole nitrogens is 1. The second kappa shape index (κ2) is 7.03. The maximum absolute atomic E-state index is 11.9. The molecule has 27 heavy (non-hydrogen) atoms. The van der Waals surface area contributed by atoms with E-state index in [-0.39, 0.29) is 5.91 Å². The van der Waals surface area contributed by atoms with E-state index in [0.29, 0.717) is 5.56 Å². The summed E-state index contributed by atoms with van der Waals surface area (Å²) in [5.74, 6) is -0.155. The lowest BCUT2D eigenvalue weighted by Gasteiger charge is -2.08. The van der Waals surface area contributed by atoms with Crippen LogP contribution in [0.4, 0.5) is 0 Å². The van der Waals surface area contributed by atoms with Crippen molar-refractivity contribution in [3.8, 4) is 22.3 Å². The van der Waals surface area contributed by atoms with Crippen LogP contribution in [0.1, 0.15) is 22.8 Å². The van der Waals surface area contributed by atoms with Crippen molar-refractivity contribution in [2.45, 2.75) is 13.3 Å². The summed E-state index contributed by atoms with van der Waals surface area (Å²) in [5.41, 5.74) is 6.80. The largest absolute Gasteiger partial charge is 0.355 e. The Morgan fingerprint density at radius 3 is 2.70 bits per heavy atom. The first-order valence-electron chi connectivity index (χ1n) is 8.94. The van der Waals surface area contributed by atoms with Crippen LogP contribution in [0.25, 0.3) is 33.3 Å². The van der Waals surface area contributed by atoms with Gasteiger partial charge in [0.05, 0.1) is 5.56 Å². The highest BCUT2D eigenvalue weighted by Crippen LogP contribution is 2.33. The van der Waals surface area contributed by atoms with Crippen molar-refractivity contribution in [1.82, 2.24) is 20.3 Å². The molecule has 5 heteroatoms. The quantitative estimate of drug-likeness (QED) is 0.575. The maximum atomic E-state index is 11.9. The van der Waals surface area contributed by atoms with Crippen LogP contribution < -0.4 is 5.32 Å². The molecule has 0 fully saturated rings. The van der Waals surface area contributed by atoms with Gasteiger partial charge in [-0.15, -0.1) is 0 Å². The molecule has 0 saturated heterocycles. The zero-order chi connectivity index (χ0) is 18.8. The number of rotatable bonds is 4. The van der Waals surface area contributed by atoms with Gasteiger partial charge in [-0.25, -0.2) is 4.98 Å². The second-order valence-electron chi connectivity index (χ2n) is 6.37. The average Bonchev–Trinajstić information content (AvgIpc) is 3.16. The summed E-state index contributed by atoms with van der Waals surface area (Å²) in [6.45, 7) is 2.16. The number of nitrogens with zero attached hydrogens (tertiary/aromatic N) is 2. The standard InChI is InChI=1S/C22H20N4O/c1-3-14-6-4-5-7-18(14)20-13-26-21-19(20)9-16(12-25-21)15-8-17(11-24-10-15)22(27)23-2/h4-13H,3H2,1-2H3,(H,23,27)(H,25,26). The molecule has 3 heterocycles. The summed E-state index contributed by atoms with van der Waals surface area (Å²) >= 11 is 0. The Balaban J connectivity index is 1.85. The van der Waals surface area contributed by atoms with Crippen molar-refractivity contribution in [3.63, 3.8) is 0 Å². The highest BCUT2D eigenvalue weighted by atomic mass is 16.1. The van der Waals surface area contributed by atoms with Crippen LogP contribution in [0.15, 0.2) is 61.2 Å². The third kappa shape index (κ3) is 3.08. The Morgan fingerprint density at radius 2 is 1.89 bits per heavy atom. The van der Waals surface area contributed by atoms with E-state index in [4.69, 9.17) is 0 Å². The van der Waals surface area contributed by atoms with Crippen LogP contribution in [0.2, 0.25) is 0 Å². The molecule has 0 aliphatic carbocycles. The summed E-state index contributed by atoms with van der Waals surface area (Å²) < 4.78 is 0. The lowest BCUT2D eigenvalue weighted by atomic mass is 9.97. The number of benzene rings is 1. The predicted molar refractivity (Wildman–Crippen MR) is 108 cm³/mol. The highest BCUT2D eigenvalue weighted by molar-refractivity contribution is 5.97. The van der Waals surface area contributed by atoms with Gasteiger partial charge < -0.3 is 10.3 Å². The summed E-state index contributed by atoms with van der Waals surface area (Å²) in [7, 11) is 1.61. The van der Waals surface area contributed by atoms with Gasteiger partial charge in [-0.1, -0.05) is 31.2 Å². The topological polar surface area (TPSA) is 70.7 Å². The minimum atomic E-state index is -0.155. The van der Waals surface area contributed by atoms with Crippen LogP contribution in [-0.2, 0) is 6.42 Å². The molecule has 3 aromatic heterocycles. The van der Waals surface area contributed by atoms with Crippen molar-refractivity contribution >= 4 is 16.9 Å². The van der Waals surface area contributed by atoms with Gasteiger partial charge in [-0.2, -0.15) is 0 Å². The molecule has 0 aliphatic heterocycles. The molecule has 134 valence electrons. The molecule has 5 nitrogen and oxygen atoms in total. The molecule has 0 atom stereocenters. The molecule has 0 saturated carbocycles. The van der Waals surface area contributed by atoms with Crippen molar-refractivity contribution in [2.24, 2.45) is 0 Å². The van der Waals surface area contributed by atoms with E-state index in [1.54, 1.807) is 25.6 Å². The number of pyridine rings is 2. The number of hydrogen-bond acceptors (Lipinski definition) is 3. The number of carbonyl (C=O) groups excluding carboxylic acids is 1. The van der Waals surface area contributed by atoms with E-state index in [1.807, 2.05) is 12.3 Å². The van der Waals surface area contributed by atoms with Crippen molar-refractivity contribution in [2.75, 3.05) is 7.05 Å². The normalized spacial score (nSPS) is 10.9. The van der Waals surface area contributed by atoms with Crippen molar-refractivity contribution in [3.05, 3.63) is 72.3 Å². The van der Waals surface area contributed by atoms with Gasteiger partial charge in [-0.3, -0.25) is 9.78 Å². The van der Waals surface area contributed by atoms with Gasteiger partial charge >= 0.3 is 0 Å².